The highest BCUT2D eigenvalue weighted by Gasteiger charge is 2.38. The molecule has 1 spiro atoms. The number of ether oxygens (including phenoxy) is 1. The fraction of sp³-hybridized carbons (Fsp3) is 0.543. The van der Waals surface area contributed by atoms with E-state index in [4.69, 9.17) is 28.6 Å². The summed E-state index contributed by atoms with van der Waals surface area (Å²) in [5.74, 6) is -0.0696. The van der Waals surface area contributed by atoms with Crippen molar-refractivity contribution >= 4 is 59.2 Å². The maximum Gasteiger partial charge on any atom is 0.212 e. The van der Waals surface area contributed by atoms with Gasteiger partial charge in [-0.3, -0.25) is 9.89 Å². The molecule has 4 heterocycles. The second kappa shape index (κ2) is 20.8. The Labute approximate surface area is 300 Å². The van der Waals surface area contributed by atoms with Crippen molar-refractivity contribution in [3.63, 3.8) is 0 Å². The number of benzene rings is 1. The lowest BCUT2D eigenvalue weighted by Gasteiger charge is -2.37. The molecule has 1 aromatic carbocycles. The van der Waals surface area contributed by atoms with Crippen molar-refractivity contribution in [3.8, 4) is 11.3 Å². The van der Waals surface area contributed by atoms with Crippen LogP contribution in [0.5, 0.6) is 0 Å². The average molecular weight is 722 g/mol. The van der Waals surface area contributed by atoms with Gasteiger partial charge < -0.3 is 25.2 Å². The molecule has 2 aliphatic rings. The van der Waals surface area contributed by atoms with Gasteiger partial charge in [-0.2, -0.15) is 16.9 Å². The number of hydrogen-bond acceptors (Lipinski definition) is 9. The van der Waals surface area contributed by atoms with E-state index in [-0.39, 0.29) is 11.2 Å². The summed E-state index contributed by atoms with van der Waals surface area (Å²) < 4.78 is 19.8. The fourth-order valence-corrected chi connectivity index (χ4v) is 5.53. The van der Waals surface area contributed by atoms with Crippen LogP contribution in [0.3, 0.4) is 0 Å². The summed E-state index contributed by atoms with van der Waals surface area (Å²) in [5.41, 5.74) is 2.51. The molecule has 1 amide bonds. The summed E-state index contributed by atoms with van der Waals surface area (Å²) in [7, 11) is 4.50. The second-order valence-electron chi connectivity index (χ2n) is 13.1. The van der Waals surface area contributed by atoms with Crippen LogP contribution < -0.4 is 10.6 Å². The third-order valence-electron chi connectivity index (χ3n) is 7.67. The number of rotatable bonds is 7. The quantitative estimate of drug-likeness (QED) is 0.164. The van der Waals surface area contributed by atoms with E-state index in [9.17, 15) is 9.18 Å². The van der Waals surface area contributed by atoms with Crippen molar-refractivity contribution in [1.29, 1.82) is 0 Å². The van der Waals surface area contributed by atoms with Gasteiger partial charge in [0, 0.05) is 41.7 Å². The highest BCUT2D eigenvalue weighted by Crippen LogP contribution is 2.39. The number of H-pyrrole nitrogens is 1. The van der Waals surface area contributed by atoms with Crippen LogP contribution in [-0.2, 0) is 9.53 Å². The normalized spacial score (nSPS) is 15.6. The van der Waals surface area contributed by atoms with Crippen LogP contribution in [-0.4, -0.2) is 96.4 Å². The number of likely N-dealkylation sites (tertiary alicyclic amines) is 2. The van der Waals surface area contributed by atoms with E-state index in [1.165, 1.54) is 69.8 Å². The molecule has 266 valence electrons. The van der Waals surface area contributed by atoms with Crippen molar-refractivity contribution in [3.05, 3.63) is 58.1 Å². The van der Waals surface area contributed by atoms with E-state index in [2.05, 4.69) is 77.4 Å². The number of nitrogens with one attached hydrogen (secondary N) is 3. The summed E-state index contributed by atoms with van der Waals surface area (Å²) in [6, 6.07) is 9.16. The van der Waals surface area contributed by atoms with E-state index < -0.39 is 5.82 Å². The van der Waals surface area contributed by atoms with Crippen LogP contribution in [0.2, 0.25) is 5.02 Å². The van der Waals surface area contributed by atoms with Gasteiger partial charge in [0.05, 0.1) is 17.0 Å². The zero-order valence-electron chi connectivity index (χ0n) is 29.7. The maximum atomic E-state index is 14.0. The Bertz CT molecular complexity index is 1460. The molecule has 5 rings (SSSR count). The molecule has 0 saturated carbocycles. The minimum absolute atomic E-state index is 0.0516. The van der Waals surface area contributed by atoms with E-state index in [0.29, 0.717) is 44.4 Å². The number of halogens is 2. The average Bonchev–Trinajstić information content (AvgIpc) is 3.41. The molecule has 3 N–H and O–H groups in total. The van der Waals surface area contributed by atoms with Gasteiger partial charge in [-0.1, -0.05) is 30.7 Å². The molecule has 0 radical (unpaired) electrons. The Morgan fingerprint density at radius 3 is 2.31 bits per heavy atom. The first-order valence-electron chi connectivity index (χ1n) is 16.1. The Morgan fingerprint density at radius 1 is 1.10 bits per heavy atom. The summed E-state index contributed by atoms with van der Waals surface area (Å²) in [5, 5.41) is 12.7. The topological polar surface area (TPSA) is 98.4 Å². The van der Waals surface area contributed by atoms with E-state index in [0.717, 1.165) is 13.0 Å². The number of carbonyl (C=O) groups is 1. The molecule has 3 aromatic rings. The van der Waals surface area contributed by atoms with Crippen LogP contribution in [0.25, 0.3) is 11.3 Å². The Morgan fingerprint density at radius 2 is 1.75 bits per heavy atom. The number of hydrogen-bond donors (Lipinski definition) is 3. The highest BCUT2D eigenvalue weighted by atomic mass is 35.5. The van der Waals surface area contributed by atoms with E-state index in [1.54, 1.807) is 30.0 Å². The lowest BCUT2D eigenvalue weighted by Crippen LogP contribution is -2.39. The molecule has 2 saturated heterocycles. The largest absolute Gasteiger partial charge is 0.376 e. The summed E-state index contributed by atoms with van der Waals surface area (Å²) in [4.78, 5) is 19.5. The Hall–Kier alpha value is -2.61. The number of carbonyl (C=O) groups excluding carboxylic acids is 1. The number of aromatic amines is 1. The van der Waals surface area contributed by atoms with Gasteiger partial charge >= 0.3 is 0 Å². The monoisotopic (exact) mass is 721 g/mol. The number of pyridine rings is 1. The van der Waals surface area contributed by atoms with Crippen molar-refractivity contribution < 1.29 is 13.9 Å². The number of piperidine rings is 1. The summed E-state index contributed by atoms with van der Waals surface area (Å²) in [6.45, 7) is 14.5. The smallest absolute Gasteiger partial charge is 0.212 e. The number of thioether (sulfide) groups is 1. The van der Waals surface area contributed by atoms with Crippen molar-refractivity contribution in [2.24, 2.45) is 5.41 Å². The molecule has 0 atom stereocenters. The zero-order chi connectivity index (χ0) is 35.7. The molecule has 0 unspecified atom stereocenters. The third-order valence-corrected chi connectivity index (χ3v) is 8.22. The highest BCUT2D eigenvalue weighted by molar-refractivity contribution is 7.97. The lowest BCUT2D eigenvalue weighted by atomic mass is 9.78. The fourth-order valence-electron chi connectivity index (χ4n) is 5.20. The van der Waals surface area contributed by atoms with Crippen LogP contribution in [0.4, 0.5) is 21.6 Å². The molecule has 0 bridgehead atoms. The number of anilines is 3. The molecule has 2 aromatic heterocycles. The first-order valence-corrected chi connectivity index (χ1v) is 18.6. The van der Waals surface area contributed by atoms with E-state index >= 15 is 0 Å². The molecule has 9 nitrogen and oxygen atoms in total. The minimum atomic E-state index is -0.449. The SMILES string of the molecule is CCCOC(C)(C)C.CN1CCC2(CC1)CCN(C)C2.CSC.O=CNc1cc(Nc2cc(-c3cc(Cl)ccc3F)n[nH]c2=S)ccn1. The van der Waals surface area contributed by atoms with Gasteiger partial charge in [-0.05, 0) is 128 Å². The van der Waals surface area contributed by atoms with Crippen molar-refractivity contribution in [2.45, 2.75) is 59.0 Å². The van der Waals surface area contributed by atoms with Gasteiger partial charge in [0.25, 0.3) is 0 Å². The third kappa shape index (κ3) is 14.9. The van der Waals surface area contributed by atoms with Gasteiger partial charge in [0.1, 0.15) is 16.3 Å². The van der Waals surface area contributed by atoms with Gasteiger partial charge in [0.15, 0.2) is 0 Å². The Kier molecular flexibility index (Phi) is 18.0. The number of nitrogens with zero attached hydrogens (tertiary/aromatic N) is 4. The second-order valence-corrected chi connectivity index (χ2v) is 14.8. The standard InChI is InChI=1S/C16H11ClFN5OS.C10H20N2.C7H16O.C2H6S/c17-9-1-2-12(18)11(5-9)13-7-14(16(25)23-22-13)21-10-3-4-19-15(6-10)20-8-24;1-11-6-3-10(4-7-11)5-8-12(2)9-10;1-5-6-8-7(2,3)4;1-3-2/h1-8H,(H,23,25)(H2,19,20,21,22,24);3-9H2,1-2H3;5-6H2,1-4H3;1-2H3. The van der Waals surface area contributed by atoms with Crippen molar-refractivity contribution in [1.82, 2.24) is 25.0 Å². The summed E-state index contributed by atoms with van der Waals surface area (Å²) >= 11 is 12.9. The van der Waals surface area contributed by atoms with Crippen LogP contribution in [0.15, 0.2) is 42.6 Å². The Balaban J connectivity index is 0.000000287. The molecule has 13 heteroatoms. The predicted octanol–water partition coefficient (Wildman–Crippen LogP) is 8.53. The molecule has 2 fully saturated rings. The number of aromatic nitrogens is 3. The molecular formula is C35H53ClFN7O2S2. The molecule has 2 aliphatic heterocycles. The first kappa shape index (κ1) is 41.6. The van der Waals surface area contributed by atoms with E-state index in [1.807, 2.05) is 12.5 Å². The van der Waals surface area contributed by atoms with Gasteiger partial charge in [-0.15, -0.1) is 0 Å². The van der Waals surface area contributed by atoms with Gasteiger partial charge in [0.2, 0.25) is 6.41 Å². The minimum Gasteiger partial charge on any atom is -0.376 e. The molecule has 48 heavy (non-hydrogen) atoms. The summed E-state index contributed by atoms with van der Waals surface area (Å²) in [6.07, 6.45) is 11.5. The molecular weight excluding hydrogens is 669 g/mol. The predicted molar refractivity (Wildman–Crippen MR) is 204 cm³/mol. The first-order chi connectivity index (χ1) is 22.7. The zero-order valence-corrected chi connectivity index (χ0v) is 32.0. The van der Waals surface area contributed by atoms with Crippen LogP contribution in [0.1, 0.15) is 53.4 Å². The van der Waals surface area contributed by atoms with Crippen LogP contribution in [0, 0.1) is 15.9 Å². The molecule has 0 aliphatic carbocycles. The van der Waals surface area contributed by atoms with Crippen molar-refractivity contribution in [2.75, 3.05) is 70.0 Å². The van der Waals surface area contributed by atoms with Gasteiger partial charge in [-0.25, -0.2) is 9.37 Å². The lowest BCUT2D eigenvalue weighted by molar-refractivity contribution is -0.105. The number of amides is 1. The maximum absolute atomic E-state index is 14.0. The van der Waals surface area contributed by atoms with Crippen LogP contribution >= 0.6 is 35.6 Å².